The maximum Gasteiger partial charge on any atom is 0.420 e. The summed E-state index contributed by atoms with van der Waals surface area (Å²) in [5, 5.41) is 10.5. The summed E-state index contributed by atoms with van der Waals surface area (Å²) in [6.45, 7) is 1.64. The predicted molar refractivity (Wildman–Crippen MR) is 96.5 cm³/mol. The third kappa shape index (κ3) is 4.18. The number of hydrogen-bond donors (Lipinski definition) is 1. The molecule has 1 fully saturated rings. The minimum Gasteiger partial charge on any atom is -0.456 e. The third-order valence-electron chi connectivity index (χ3n) is 3.77. The van der Waals surface area contributed by atoms with Crippen LogP contribution in [0.15, 0.2) is 41.3 Å². The van der Waals surface area contributed by atoms with Crippen LogP contribution in [-0.2, 0) is 11.0 Å². The van der Waals surface area contributed by atoms with E-state index in [0.29, 0.717) is 11.1 Å². The fourth-order valence-corrected chi connectivity index (χ4v) is 3.16. The fourth-order valence-electron chi connectivity index (χ4n) is 2.48. The quantitative estimate of drug-likeness (QED) is 0.728. The number of rotatable bonds is 3. The number of imide groups is 1. The van der Waals surface area contributed by atoms with E-state index >= 15 is 0 Å². The molecule has 9 heteroatoms. The first-order valence-corrected chi connectivity index (χ1v) is 8.64. The van der Waals surface area contributed by atoms with E-state index in [-0.39, 0.29) is 16.2 Å². The molecule has 1 saturated heterocycles. The smallest absolute Gasteiger partial charge is 0.420 e. The van der Waals surface area contributed by atoms with Crippen LogP contribution in [0.2, 0.25) is 0 Å². The first-order chi connectivity index (χ1) is 13.2. The van der Waals surface area contributed by atoms with Gasteiger partial charge >= 0.3 is 6.18 Å². The van der Waals surface area contributed by atoms with Crippen LogP contribution in [0.1, 0.15) is 22.3 Å². The van der Waals surface area contributed by atoms with Gasteiger partial charge in [-0.2, -0.15) is 18.4 Å². The molecule has 1 aliphatic rings. The second-order valence-corrected chi connectivity index (χ2v) is 6.81. The van der Waals surface area contributed by atoms with E-state index < -0.39 is 28.6 Å². The summed E-state index contributed by atoms with van der Waals surface area (Å²) in [7, 11) is 0. The Balaban J connectivity index is 1.91. The highest BCUT2D eigenvalue weighted by molar-refractivity contribution is 8.18. The Labute approximate surface area is 161 Å². The number of nitrogens with zero attached hydrogens (tertiary/aromatic N) is 1. The number of thioether (sulfide) groups is 1. The van der Waals surface area contributed by atoms with Gasteiger partial charge in [-0.3, -0.25) is 14.9 Å². The topological polar surface area (TPSA) is 79.2 Å². The Hall–Kier alpha value is -3.25. The number of ether oxygens (including phenoxy) is 1. The predicted octanol–water partition coefficient (Wildman–Crippen LogP) is 5.00. The van der Waals surface area contributed by atoms with Gasteiger partial charge in [0.1, 0.15) is 11.5 Å². The van der Waals surface area contributed by atoms with E-state index in [0.717, 1.165) is 23.9 Å². The Morgan fingerprint density at radius 1 is 1.14 bits per heavy atom. The maximum absolute atomic E-state index is 13.3. The molecule has 0 spiro atoms. The number of alkyl halides is 3. The SMILES string of the molecule is Cc1cc(C=C2SC(=O)NC2=O)ccc1Oc1ccc(C#N)cc1C(F)(F)F. The highest BCUT2D eigenvalue weighted by Crippen LogP contribution is 2.39. The second kappa shape index (κ2) is 7.40. The van der Waals surface area contributed by atoms with Gasteiger partial charge < -0.3 is 4.74 Å². The molecule has 2 aromatic carbocycles. The summed E-state index contributed by atoms with van der Waals surface area (Å²) >= 11 is 0.768. The number of carbonyl (C=O) groups is 2. The van der Waals surface area contributed by atoms with Crippen LogP contribution in [-0.4, -0.2) is 11.1 Å². The first-order valence-electron chi connectivity index (χ1n) is 7.82. The van der Waals surface area contributed by atoms with Crippen LogP contribution >= 0.6 is 11.8 Å². The largest absolute Gasteiger partial charge is 0.456 e. The minimum absolute atomic E-state index is 0.125. The van der Waals surface area contributed by atoms with Crippen molar-refractivity contribution in [2.24, 2.45) is 0 Å². The summed E-state index contributed by atoms with van der Waals surface area (Å²) in [6, 6.07) is 9.39. The highest BCUT2D eigenvalue weighted by Gasteiger charge is 2.35. The number of benzene rings is 2. The number of nitrogens with one attached hydrogen (secondary N) is 1. The van der Waals surface area contributed by atoms with E-state index in [1.54, 1.807) is 25.1 Å². The van der Waals surface area contributed by atoms with Gasteiger partial charge in [-0.05, 0) is 66.2 Å². The average Bonchev–Trinajstić information content (AvgIpc) is 2.93. The molecule has 0 atom stereocenters. The Morgan fingerprint density at radius 2 is 1.86 bits per heavy atom. The molecule has 1 N–H and O–H groups in total. The molecule has 0 bridgehead atoms. The molecular formula is C19H11F3N2O3S. The van der Waals surface area contributed by atoms with Crippen molar-refractivity contribution >= 4 is 29.0 Å². The van der Waals surface area contributed by atoms with E-state index in [2.05, 4.69) is 5.32 Å². The Bertz CT molecular complexity index is 1060. The van der Waals surface area contributed by atoms with Crippen molar-refractivity contribution < 1.29 is 27.5 Å². The number of nitriles is 1. The van der Waals surface area contributed by atoms with Gasteiger partial charge in [-0.15, -0.1) is 0 Å². The van der Waals surface area contributed by atoms with E-state index in [1.165, 1.54) is 18.2 Å². The summed E-state index contributed by atoms with van der Waals surface area (Å²) in [5.41, 5.74) is -0.0513. The molecule has 142 valence electrons. The molecule has 3 rings (SSSR count). The summed E-state index contributed by atoms with van der Waals surface area (Å²) in [6.07, 6.45) is -3.18. The van der Waals surface area contributed by atoms with Gasteiger partial charge in [0.2, 0.25) is 0 Å². The standard InChI is InChI=1S/C19H11F3N2O3S/c1-10-6-11(8-16-17(25)24-18(26)28-16)2-4-14(10)27-15-5-3-12(9-23)7-13(15)19(20,21)22/h2-8H,1H3,(H,24,25,26). The van der Waals surface area contributed by atoms with Crippen molar-refractivity contribution in [3.05, 3.63) is 63.6 Å². The lowest BCUT2D eigenvalue weighted by Crippen LogP contribution is -2.17. The molecule has 0 aromatic heterocycles. The van der Waals surface area contributed by atoms with Gasteiger partial charge in [0.25, 0.3) is 11.1 Å². The van der Waals surface area contributed by atoms with Crippen molar-refractivity contribution in [1.29, 1.82) is 5.26 Å². The molecule has 0 aliphatic carbocycles. The molecule has 5 nitrogen and oxygen atoms in total. The van der Waals surface area contributed by atoms with Gasteiger partial charge in [-0.1, -0.05) is 6.07 Å². The molecular weight excluding hydrogens is 393 g/mol. The minimum atomic E-state index is -4.68. The van der Waals surface area contributed by atoms with Gasteiger partial charge in [-0.25, -0.2) is 0 Å². The molecule has 0 unspecified atom stereocenters. The zero-order chi connectivity index (χ0) is 20.5. The van der Waals surface area contributed by atoms with E-state index in [9.17, 15) is 22.8 Å². The number of carbonyl (C=O) groups excluding carboxylic acids is 2. The number of amides is 2. The summed E-state index contributed by atoms with van der Waals surface area (Å²) in [5.74, 6) is -0.727. The van der Waals surface area contributed by atoms with Crippen LogP contribution in [0.3, 0.4) is 0 Å². The second-order valence-electron chi connectivity index (χ2n) is 5.80. The highest BCUT2D eigenvalue weighted by atomic mass is 32.2. The normalized spacial score (nSPS) is 15.5. The zero-order valence-electron chi connectivity index (χ0n) is 14.3. The molecule has 2 aromatic rings. The van der Waals surface area contributed by atoms with Crippen LogP contribution in [0.25, 0.3) is 6.08 Å². The molecule has 0 radical (unpaired) electrons. The Morgan fingerprint density at radius 3 is 2.43 bits per heavy atom. The van der Waals surface area contributed by atoms with Crippen molar-refractivity contribution in [3.63, 3.8) is 0 Å². The third-order valence-corrected chi connectivity index (χ3v) is 4.58. The molecule has 28 heavy (non-hydrogen) atoms. The molecule has 1 aliphatic heterocycles. The zero-order valence-corrected chi connectivity index (χ0v) is 15.1. The molecule has 2 amide bonds. The van der Waals surface area contributed by atoms with Crippen molar-refractivity contribution in [2.75, 3.05) is 0 Å². The van der Waals surface area contributed by atoms with Crippen molar-refractivity contribution in [1.82, 2.24) is 5.32 Å². The van der Waals surface area contributed by atoms with Gasteiger partial charge in [0, 0.05) is 0 Å². The van der Waals surface area contributed by atoms with Gasteiger partial charge in [0.05, 0.1) is 22.1 Å². The van der Waals surface area contributed by atoms with Crippen molar-refractivity contribution in [3.8, 4) is 17.6 Å². The van der Waals surface area contributed by atoms with Gasteiger partial charge in [0.15, 0.2) is 0 Å². The van der Waals surface area contributed by atoms with Crippen molar-refractivity contribution in [2.45, 2.75) is 13.1 Å². The lowest BCUT2D eigenvalue weighted by atomic mass is 10.1. The average molecular weight is 404 g/mol. The number of hydrogen-bond acceptors (Lipinski definition) is 5. The van der Waals surface area contributed by atoms with Crippen LogP contribution in [0.5, 0.6) is 11.5 Å². The van der Waals surface area contributed by atoms with Crippen LogP contribution in [0, 0.1) is 18.3 Å². The van der Waals surface area contributed by atoms with Crippen LogP contribution < -0.4 is 10.1 Å². The first kappa shape index (κ1) is 19.5. The fraction of sp³-hybridized carbons (Fsp3) is 0.105. The summed E-state index contributed by atoms with van der Waals surface area (Å²) < 4.78 is 45.2. The molecule has 0 saturated carbocycles. The maximum atomic E-state index is 13.3. The van der Waals surface area contributed by atoms with E-state index in [1.807, 2.05) is 0 Å². The monoisotopic (exact) mass is 404 g/mol. The number of aryl methyl sites for hydroxylation is 1. The van der Waals surface area contributed by atoms with E-state index in [4.69, 9.17) is 10.00 Å². The number of halogens is 3. The molecule has 1 heterocycles. The van der Waals surface area contributed by atoms with Crippen LogP contribution in [0.4, 0.5) is 18.0 Å². The summed E-state index contributed by atoms with van der Waals surface area (Å²) in [4.78, 5) is 23.0. The lowest BCUT2D eigenvalue weighted by molar-refractivity contribution is -0.138. The Kier molecular flexibility index (Phi) is 5.16. The lowest BCUT2D eigenvalue weighted by Gasteiger charge is -2.15.